The fourth-order valence-electron chi connectivity index (χ4n) is 6.07. The minimum Gasteiger partial charge on any atom is -0.352 e. The number of halogens is 6. The lowest BCUT2D eigenvalue weighted by molar-refractivity contribution is -0.140. The quantitative estimate of drug-likeness (QED) is 0.156. The van der Waals surface area contributed by atoms with Crippen LogP contribution in [-0.2, 0) is 38.8 Å². The van der Waals surface area contributed by atoms with Crippen LogP contribution >= 0.6 is 34.8 Å². The number of sulfonamides is 1. The molecular weight excluding hydrogens is 746 g/mol. The number of hydrogen-bond acceptors (Lipinski definition) is 4. The normalized spacial score (nSPS) is 14.5. The highest BCUT2D eigenvalue weighted by atomic mass is 35.5. The van der Waals surface area contributed by atoms with Gasteiger partial charge in [0.1, 0.15) is 12.6 Å². The molecule has 270 valence electrons. The molecule has 1 fully saturated rings. The van der Waals surface area contributed by atoms with Gasteiger partial charge in [0, 0.05) is 34.6 Å². The predicted molar refractivity (Wildman–Crippen MR) is 193 cm³/mol. The molecule has 0 spiro atoms. The van der Waals surface area contributed by atoms with E-state index in [0.717, 1.165) is 44.2 Å². The third-order valence-electron chi connectivity index (χ3n) is 8.77. The highest BCUT2D eigenvalue weighted by molar-refractivity contribution is 7.92. The number of carbonyl (C=O) groups is 2. The van der Waals surface area contributed by atoms with Gasteiger partial charge < -0.3 is 10.2 Å². The maximum absolute atomic E-state index is 14.7. The second-order valence-corrected chi connectivity index (χ2v) is 15.3. The van der Waals surface area contributed by atoms with Gasteiger partial charge in [0.25, 0.3) is 10.0 Å². The number of amides is 2. The van der Waals surface area contributed by atoms with Crippen molar-refractivity contribution >= 4 is 62.3 Å². The van der Waals surface area contributed by atoms with Crippen LogP contribution in [0.4, 0.5) is 18.9 Å². The van der Waals surface area contributed by atoms with Crippen molar-refractivity contribution in [3.63, 3.8) is 0 Å². The molecule has 1 aliphatic rings. The fraction of sp³-hybridized carbons (Fsp3) is 0.297. The Bertz CT molecular complexity index is 1920. The summed E-state index contributed by atoms with van der Waals surface area (Å²) in [6.45, 7) is -1.33. The SMILES string of the molecule is O=C(NC1CCCCC1)[C@H](Cc1ccccc1)N(Cc1c(Cl)cccc1Cl)C(=O)CN(c1cc(C(F)(F)F)ccc1Cl)S(=O)(=O)c1ccccc1. The molecule has 14 heteroatoms. The van der Waals surface area contributed by atoms with Crippen molar-refractivity contribution in [2.45, 2.75) is 68.2 Å². The Kier molecular flexibility index (Phi) is 12.6. The van der Waals surface area contributed by atoms with Crippen molar-refractivity contribution < 1.29 is 31.2 Å². The van der Waals surface area contributed by atoms with Gasteiger partial charge in [-0.1, -0.05) is 109 Å². The summed E-state index contributed by atoms with van der Waals surface area (Å²) in [5.74, 6) is -1.38. The molecule has 4 aromatic carbocycles. The third kappa shape index (κ3) is 9.57. The van der Waals surface area contributed by atoms with E-state index in [-0.39, 0.29) is 39.0 Å². The Morgan fingerprint density at radius 2 is 1.41 bits per heavy atom. The molecule has 5 rings (SSSR count). The summed E-state index contributed by atoms with van der Waals surface area (Å²) in [4.78, 5) is 29.9. The average Bonchev–Trinajstić information content (AvgIpc) is 3.10. The van der Waals surface area contributed by atoms with Crippen molar-refractivity contribution in [2.24, 2.45) is 0 Å². The van der Waals surface area contributed by atoms with Crippen LogP contribution in [0.25, 0.3) is 0 Å². The first-order valence-electron chi connectivity index (χ1n) is 16.3. The molecule has 0 saturated heterocycles. The zero-order chi connectivity index (χ0) is 36.8. The van der Waals surface area contributed by atoms with Crippen LogP contribution in [0.1, 0.15) is 48.8 Å². The summed E-state index contributed by atoms with van der Waals surface area (Å²) in [6.07, 6.45) is -0.415. The molecule has 1 atom stereocenters. The molecule has 2 amide bonds. The summed E-state index contributed by atoms with van der Waals surface area (Å²) in [7, 11) is -4.70. The number of rotatable bonds is 12. The van der Waals surface area contributed by atoms with Crippen LogP contribution < -0.4 is 9.62 Å². The van der Waals surface area contributed by atoms with Crippen molar-refractivity contribution in [2.75, 3.05) is 10.8 Å². The smallest absolute Gasteiger partial charge is 0.352 e. The molecular formula is C37H35Cl3F3N3O4S. The van der Waals surface area contributed by atoms with Gasteiger partial charge in [-0.15, -0.1) is 0 Å². The maximum Gasteiger partial charge on any atom is 0.416 e. The monoisotopic (exact) mass is 779 g/mol. The van der Waals surface area contributed by atoms with Gasteiger partial charge in [-0.25, -0.2) is 8.42 Å². The van der Waals surface area contributed by atoms with Crippen molar-refractivity contribution in [3.8, 4) is 0 Å². The lowest BCUT2D eigenvalue weighted by Crippen LogP contribution is -2.55. The predicted octanol–water partition coefficient (Wildman–Crippen LogP) is 8.95. The van der Waals surface area contributed by atoms with Gasteiger partial charge in [0.15, 0.2) is 0 Å². The summed E-state index contributed by atoms with van der Waals surface area (Å²) in [5.41, 5.74) is -0.729. The average molecular weight is 781 g/mol. The highest BCUT2D eigenvalue weighted by Crippen LogP contribution is 2.38. The largest absolute Gasteiger partial charge is 0.416 e. The second kappa shape index (κ2) is 16.7. The number of carbonyl (C=O) groups excluding carboxylic acids is 2. The molecule has 0 aliphatic heterocycles. The highest BCUT2D eigenvalue weighted by Gasteiger charge is 2.38. The molecule has 0 unspecified atom stereocenters. The van der Waals surface area contributed by atoms with Gasteiger partial charge in [0.2, 0.25) is 11.8 Å². The zero-order valence-electron chi connectivity index (χ0n) is 27.3. The van der Waals surface area contributed by atoms with E-state index < -0.39 is 51.9 Å². The first-order chi connectivity index (χ1) is 24.3. The Morgan fingerprint density at radius 1 is 0.804 bits per heavy atom. The Hall–Kier alpha value is -3.77. The second-order valence-electron chi connectivity index (χ2n) is 12.3. The number of anilines is 1. The van der Waals surface area contributed by atoms with Gasteiger partial charge in [-0.3, -0.25) is 13.9 Å². The topological polar surface area (TPSA) is 86.8 Å². The standard InChI is InChI=1S/C37H35Cl3F3N3O4S/c38-30-17-10-18-31(39)29(30)23-45(34(21-25-11-4-1-5-12-25)36(48)44-27-13-6-2-7-14-27)35(47)24-46(51(49,50)28-15-8-3-9-16-28)33-22-26(37(41,42)43)19-20-32(33)40/h1,3-5,8-12,15-20,22,27,34H,2,6-7,13-14,21,23-24H2,(H,44,48)/t34-/m0/s1. The number of benzene rings is 4. The molecule has 4 aromatic rings. The molecule has 1 saturated carbocycles. The molecule has 0 bridgehead atoms. The first-order valence-corrected chi connectivity index (χ1v) is 18.8. The summed E-state index contributed by atoms with van der Waals surface area (Å²) < 4.78 is 70.8. The molecule has 1 N–H and O–H groups in total. The zero-order valence-corrected chi connectivity index (χ0v) is 30.3. The Balaban J connectivity index is 1.64. The van der Waals surface area contributed by atoms with E-state index in [0.29, 0.717) is 21.5 Å². The fourth-order valence-corrected chi connectivity index (χ4v) is 8.30. The van der Waals surface area contributed by atoms with Crippen LogP contribution in [0.2, 0.25) is 15.1 Å². The lowest BCUT2D eigenvalue weighted by Gasteiger charge is -2.35. The van der Waals surface area contributed by atoms with E-state index >= 15 is 0 Å². The Labute approximate surface area is 310 Å². The molecule has 0 heterocycles. The minimum absolute atomic E-state index is 0.0307. The van der Waals surface area contributed by atoms with Gasteiger partial charge in [-0.05, 0) is 60.9 Å². The van der Waals surface area contributed by atoms with Crippen LogP contribution in [0.3, 0.4) is 0 Å². The van der Waals surface area contributed by atoms with Crippen LogP contribution in [0.5, 0.6) is 0 Å². The molecule has 0 radical (unpaired) electrons. The summed E-state index contributed by atoms with van der Waals surface area (Å²) in [6, 6.07) is 21.6. The van der Waals surface area contributed by atoms with E-state index in [1.807, 2.05) is 0 Å². The van der Waals surface area contributed by atoms with Crippen LogP contribution in [0, 0.1) is 0 Å². The minimum atomic E-state index is -4.85. The molecule has 1 aliphatic carbocycles. The van der Waals surface area contributed by atoms with Crippen LogP contribution in [0.15, 0.2) is 102 Å². The molecule has 0 aromatic heterocycles. The van der Waals surface area contributed by atoms with Crippen molar-refractivity contribution in [1.29, 1.82) is 0 Å². The number of nitrogens with zero attached hydrogens (tertiary/aromatic N) is 2. The van der Waals surface area contributed by atoms with Crippen molar-refractivity contribution in [3.05, 3.63) is 129 Å². The van der Waals surface area contributed by atoms with Crippen LogP contribution in [-0.4, -0.2) is 43.8 Å². The maximum atomic E-state index is 14.7. The first kappa shape index (κ1) is 38.5. The number of alkyl halides is 3. The van der Waals surface area contributed by atoms with E-state index in [2.05, 4.69) is 5.32 Å². The summed E-state index contributed by atoms with van der Waals surface area (Å²) in [5, 5.41) is 3.14. The van der Waals surface area contributed by atoms with E-state index in [9.17, 15) is 31.2 Å². The van der Waals surface area contributed by atoms with E-state index in [1.54, 1.807) is 54.6 Å². The molecule has 51 heavy (non-hydrogen) atoms. The Morgan fingerprint density at radius 3 is 2.02 bits per heavy atom. The third-order valence-corrected chi connectivity index (χ3v) is 11.6. The summed E-state index contributed by atoms with van der Waals surface area (Å²) >= 11 is 19.5. The van der Waals surface area contributed by atoms with Gasteiger partial charge in [0.05, 0.1) is 21.2 Å². The van der Waals surface area contributed by atoms with E-state index in [1.165, 1.54) is 29.2 Å². The molecule has 7 nitrogen and oxygen atoms in total. The van der Waals surface area contributed by atoms with Gasteiger partial charge >= 0.3 is 6.18 Å². The lowest BCUT2D eigenvalue weighted by atomic mass is 9.94. The van der Waals surface area contributed by atoms with E-state index in [4.69, 9.17) is 34.8 Å². The van der Waals surface area contributed by atoms with Gasteiger partial charge in [-0.2, -0.15) is 13.2 Å². The number of nitrogens with one attached hydrogen (secondary N) is 1. The van der Waals surface area contributed by atoms with Crippen molar-refractivity contribution in [1.82, 2.24) is 10.2 Å². The number of hydrogen-bond donors (Lipinski definition) is 1.